The van der Waals surface area contributed by atoms with Crippen molar-refractivity contribution in [3.63, 3.8) is 0 Å². The summed E-state index contributed by atoms with van der Waals surface area (Å²) in [6, 6.07) is 14.0. The van der Waals surface area contributed by atoms with Crippen LogP contribution in [-0.2, 0) is 14.8 Å². The minimum atomic E-state index is -3.81. The van der Waals surface area contributed by atoms with Gasteiger partial charge in [-0.2, -0.15) is 0 Å². The maximum atomic E-state index is 12.1. The highest BCUT2D eigenvalue weighted by molar-refractivity contribution is 7.89. The molecule has 2 aromatic rings. The predicted molar refractivity (Wildman–Crippen MR) is 113 cm³/mol. The van der Waals surface area contributed by atoms with Crippen LogP contribution in [0, 0.1) is 0 Å². The van der Waals surface area contributed by atoms with Crippen molar-refractivity contribution < 1.29 is 13.2 Å². The molecule has 7 heteroatoms. The van der Waals surface area contributed by atoms with Crippen LogP contribution in [0.3, 0.4) is 0 Å². The van der Waals surface area contributed by atoms with Crippen LogP contribution in [0.1, 0.15) is 31.2 Å². The zero-order valence-electron chi connectivity index (χ0n) is 15.7. The van der Waals surface area contributed by atoms with Crippen LogP contribution in [0.5, 0.6) is 0 Å². The Balaban J connectivity index is 1.61. The van der Waals surface area contributed by atoms with Crippen molar-refractivity contribution in [1.29, 1.82) is 0 Å². The number of hydrogen-bond acceptors (Lipinski definition) is 4. The Hall–Kier alpha value is -2.64. The van der Waals surface area contributed by atoms with E-state index in [0.717, 1.165) is 18.7 Å². The van der Waals surface area contributed by atoms with Crippen LogP contribution in [0.25, 0.3) is 6.08 Å². The lowest BCUT2D eigenvalue weighted by molar-refractivity contribution is -0.111. The lowest BCUT2D eigenvalue weighted by Crippen LogP contribution is -2.23. The fraction of sp³-hybridized carbons (Fsp3) is 0.286. The maximum absolute atomic E-state index is 12.1. The summed E-state index contributed by atoms with van der Waals surface area (Å²) in [5.74, 6) is -0.344. The molecule has 0 saturated carbocycles. The molecule has 148 valence electrons. The van der Waals surface area contributed by atoms with Crippen LogP contribution in [-0.4, -0.2) is 27.4 Å². The molecule has 0 bridgehead atoms. The van der Waals surface area contributed by atoms with Crippen molar-refractivity contribution in [2.24, 2.45) is 5.14 Å². The summed E-state index contributed by atoms with van der Waals surface area (Å²) >= 11 is 0. The topological polar surface area (TPSA) is 92.5 Å². The molecule has 0 unspecified atom stereocenters. The molecule has 0 aromatic heterocycles. The first kappa shape index (κ1) is 20.1. The highest BCUT2D eigenvalue weighted by atomic mass is 32.2. The number of nitrogens with two attached hydrogens (primary N) is 1. The van der Waals surface area contributed by atoms with E-state index in [0.29, 0.717) is 5.69 Å². The summed E-state index contributed by atoms with van der Waals surface area (Å²) in [5, 5.41) is 7.75. The average Bonchev–Trinajstić information content (AvgIpc) is 2.96. The van der Waals surface area contributed by atoms with Crippen LogP contribution < -0.4 is 15.4 Å². The van der Waals surface area contributed by atoms with Crippen molar-refractivity contribution in [3.8, 4) is 0 Å². The molecule has 1 aliphatic heterocycles. The van der Waals surface area contributed by atoms with Crippen molar-refractivity contribution in [2.45, 2.75) is 30.6 Å². The molecule has 3 N–H and O–H groups in total. The normalized spacial score (nSPS) is 15.4. The van der Waals surface area contributed by atoms with E-state index in [-0.39, 0.29) is 10.8 Å². The molecule has 0 radical (unpaired) electrons. The van der Waals surface area contributed by atoms with Crippen molar-refractivity contribution in [2.75, 3.05) is 23.3 Å². The Morgan fingerprint density at radius 3 is 2.32 bits per heavy atom. The highest BCUT2D eigenvalue weighted by Crippen LogP contribution is 2.20. The van der Waals surface area contributed by atoms with Gasteiger partial charge in [0, 0.05) is 30.5 Å². The Labute approximate surface area is 166 Å². The lowest BCUT2D eigenvalue weighted by atomic mass is 10.1. The monoisotopic (exact) mass is 399 g/mol. The predicted octanol–water partition coefficient (Wildman–Crippen LogP) is 3.37. The van der Waals surface area contributed by atoms with Gasteiger partial charge >= 0.3 is 0 Å². The van der Waals surface area contributed by atoms with Crippen LogP contribution >= 0.6 is 0 Å². The van der Waals surface area contributed by atoms with Crippen LogP contribution in [0.2, 0.25) is 0 Å². The van der Waals surface area contributed by atoms with Gasteiger partial charge in [0.05, 0.1) is 4.90 Å². The van der Waals surface area contributed by atoms with E-state index in [1.54, 1.807) is 12.1 Å². The molecule has 0 atom stereocenters. The minimum absolute atomic E-state index is 0.0432. The van der Waals surface area contributed by atoms with Gasteiger partial charge in [-0.3, -0.25) is 4.79 Å². The Bertz CT molecular complexity index is 945. The molecular weight excluding hydrogens is 374 g/mol. The quantitative estimate of drug-likeness (QED) is 0.754. The van der Waals surface area contributed by atoms with Gasteiger partial charge in [-0.25, -0.2) is 13.6 Å². The van der Waals surface area contributed by atoms with Crippen LogP contribution in [0.15, 0.2) is 59.5 Å². The van der Waals surface area contributed by atoms with Crippen LogP contribution in [0.4, 0.5) is 11.4 Å². The Morgan fingerprint density at radius 1 is 1.00 bits per heavy atom. The third kappa shape index (κ3) is 5.68. The maximum Gasteiger partial charge on any atom is 0.248 e. The van der Waals surface area contributed by atoms with Gasteiger partial charge in [0.1, 0.15) is 0 Å². The van der Waals surface area contributed by atoms with Crippen molar-refractivity contribution >= 4 is 33.4 Å². The molecule has 0 spiro atoms. The number of nitrogens with zero attached hydrogens (tertiary/aromatic N) is 1. The highest BCUT2D eigenvalue weighted by Gasteiger charge is 2.10. The molecule has 1 amide bonds. The number of rotatable bonds is 5. The van der Waals surface area contributed by atoms with E-state index >= 15 is 0 Å². The number of carbonyl (C=O) groups excluding carboxylic acids is 1. The zero-order chi connectivity index (χ0) is 20.0. The molecule has 1 saturated heterocycles. The standard InChI is InChI=1S/C21H25N3O3S/c22-28(26,27)20-7-5-6-18(16-20)23-21(25)13-10-17-8-11-19(12-9-17)24-14-3-1-2-4-15-24/h5-13,16H,1-4,14-15H2,(H,23,25)(H2,22,26,27)/b13-10+. The molecular formula is C21H25N3O3S. The van der Waals surface area contributed by atoms with E-state index in [1.165, 1.54) is 55.6 Å². The number of primary sulfonamides is 1. The Morgan fingerprint density at radius 2 is 1.68 bits per heavy atom. The smallest absolute Gasteiger partial charge is 0.248 e. The SMILES string of the molecule is NS(=O)(=O)c1cccc(NC(=O)/C=C/c2ccc(N3CCCCCC3)cc2)c1. The summed E-state index contributed by atoms with van der Waals surface area (Å²) in [4.78, 5) is 14.5. The van der Waals surface area contributed by atoms with Gasteiger partial charge < -0.3 is 10.2 Å². The second kappa shape index (κ2) is 9.03. The first-order chi connectivity index (χ1) is 13.4. The average molecular weight is 400 g/mol. The van der Waals surface area contributed by atoms with Crippen molar-refractivity contribution in [3.05, 3.63) is 60.2 Å². The van der Waals surface area contributed by atoms with Gasteiger partial charge in [0.2, 0.25) is 15.9 Å². The largest absolute Gasteiger partial charge is 0.372 e. The molecule has 0 aliphatic carbocycles. The first-order valence-corrected chi connectivity index (χ1v) is 10.9. The third-order valence-corrected chi connectivity index (χ3v) is 5.63. The molecule has 2 aromatic carbocycles. The second-order valence-corrected chi connectivity index (χ2v) is 8.45. The van der Waals surface area contributed by atoms with Gasteiger partial charge in [0.25, 0.3) is 0 Å². The van der Waals surface area contributed by atoms with E-state index in [1.807, 2.05) is 12.1 Å². The lowest BCUT2D eigenvalue weighted by Gasteiger charge is -2.22. The summed E-state index contributed by atoms with van der Waals surface area (Å²) in [5.41, 5.74) is 2.51. The number of sulfonamides is 1. The van der Waals surface area contributed by atoms with E-state index in [2.05, 4.69) is 22.3 Å². The molecule has 1 heterocycles. The number of carbonyl (C=O) groups is 1. The third-order valence-electron chi connectivity index (χ3n) is 4.72. The number of amides is 1. The molecule has 28 heavy (non-hydrogen) atoms. The fourth-order valence-electron chi connectivity index (χ4n) is 3.23. The molecule has 1 fully saturated rings. The summed E-state index contributed by atoms with van der Waals surface area (Å²) in [6.45, 7) is 2.18. The van der Waals surface area contributed by atoms with E-state index in [9.17, 15) is 13.2 Å². The molecule has 6 nitrogen and oxygen atoms in total. The number of anilines is 2. The number of hydrogen-bond donors (Lipinski definition) is 2. The number of nitrogens with one attached hydrogen (secondary N) is 1. The molecule has 1 aliphatic rings. The summed E-state index contributed by atoms with van der Waals surface area (Å²) in [6.07, 6.45) is 8.21. The summed E-state index contributed by atoms with van der Waals surface area (Å²) < 4.78 is 22.8. The van der Waals surface area contributed by atoms with Gasteiger partial charge in [-0.15, -0.1) is 0 Å². The first-order valence-electron chi connectivity index (χ1n) is 9.39. The van der Waals surface area contributed by atoms with Gasteiger partial charge in [-0.1, -0.05) is 31.0 Å². The minimum Gasteiger partial charge on any atom is -0.372 e. The Kier molecular flexibility index (Phi) is 6.49. The van der Waals surface area contributed by atoms with Crippen molar-refractivity contribution in [1.82, 2.24) is 0 Å². The molecule has 3 rings (SSSR count). The number of benzene rings is 2. The second-order valence-electron chi connectivity index (χ2n) is 6.89. The van der Waals surface area contributed by atoms with E-state index in [4.69, 9.17) is 5.14 Å². The van der Waals surface area contributed by atoms with Gasteiger partial charge in [-0.05, 0) is 54.8 Å². The summed E-state index contributed by atoms with van der Waals surface area (Å²) in [7, 11) is -3.81. The van der Waals surface area contributed by atoms with E-state index < -0.39 is 10.0 Å². The fourth-order valence-corrected chi connectivity index (χ4v) is 3.79. The zero-order valence-corrected chi connectivity index (χ0v) is 16.5. The van der Waals surface area contributed by atoms with Gasteiger partial charge in [0.15, 0.2) is 0 Å².